The highest BCUT2D eigenvalue weighted by Crippen LogP contribution is 2.05. The summed E-state index contributed by atoms with van der Waals surface area (Å²) in [5.74, 6) is -6.24. The van der Waals surface area contributed by atoms with Crippen LogP contribution >= 0.6 is 0 Å². The fourth-order valence-corrected chi connectivity index (χ4v) is 1.81. The zero-order chi connectivity index (χ0) is 24.3. The summed E-state index contributed by atoms with van der Waals surface area (Å²) in [5.41, 5.74) is 0. The zero-order valence-electron chi connectivity index (χ0n) is 17.1. The maximum atomic E-state index is 11.5. The molecule has 0 bridgehead atoms. The van der Waals surface area contributed by atoms with E-state index in [9.17, 15) is 29.4 Å². The second kappa shape index (κ2) is 13.8. The molecule has 0 aliphatic carbocycles. The maximum absolute atomic E-state index is 11.5. The number of aliphatic hydroxyl groups is 4. The fourth-order valence-electron chi connectivity index (χ4n) is 1.81. The number of rotatable bonds is 15. The van der Waals surface area contributed by atoms with Crippen LogP contribution in [0.25, 0.3) is 0 Å². The molecule has 31 heavy (non-hydrogen) atoms. The number of aliphatic hydroxyl groups excluding tert-OH is 4. The Morgan fingerprint density at radius 1 is 0.613 bits per heavy atom. The first-order valence-corrected chi connectivity index (χ1v) is 9.06. The average Bonchev–Trinajstić information content (AvgIpc) is 2.71. The van der Waals surface area contributed by atoms with Gasteiger partial charge in [0.05, 0.1) is 25.4 Å². The predicted molar refractivity (Wildman–Crippen MR) is 96.6 cm³/mol. The van der Waals surface area contributed by atoms with E-state index >= 15 is 0 Å². The summed E-state index contributed by atoms with van der Waals surface area (Å²) in [7, 11) is 0. The molecular weight excluding hydrogens is 428 g/mol. The molecule has 0 aliphatic rings. The molecule has 180 valence electrons. The summed E-state index contributed by atoms with van der Waals surface area (Å²) in [6, 6.07) is 0. The van der Waals surface area contributed by atoms with E-state index in [4.69, 9.17) is 34.6 Å². The Kier molecular flexibility index (Phi) is 12.8. The topological polar surface area (TPSA) is 227 Å². The van der Waals surface area contributed by atoms with Gasteiger partial charge >= 0.3 is 23.9 Å². The van der Waals surface area contributed by atoms with Crippen LogP contribution in [0.4, 0.5) is 0 Å². The number of aliphatic carboxylic acids is 2. The smallest absolute Gasteiger partial charge is 0.338 e. The first-order chi connectivity index (χ1) is 14.3. The van der Waals surface area contributed by atoms with Crippen molar-refractivity contribution < 1.29 is 68.8 Å². The first kappa shape index (κ1) is 28.6. The molecule has 7 atom stereocenters. The lowest BCUT2D eigenvalue weighted by atomic mass is 10.2. The number of hydrogen-bond acceptors (Lipinski definition) is 12. The molecule has 0 aromatic carbocycles. The van der Waals surface area contributed by atoms with Crippen molar-refractivity contribution in [3.63, 3.8) is 0 Å². The Balaban J connectivity index is 4.18. The highest BCUT2D eigenvalue weighted by molar-refractivity contribution is 5.84. The monoisotopic (exact) mass is 456 g/mol. The summed E-state index contributed by atoms with van der Waals surface area (Å²) in [6.45, 7) is 4.04. The van der Waals surface area contributed by atoms with Gasteiger partial charge in [-0.05, 0) is 20.8 Å². The van der Waals surface area contributed by atoms with E-state index < -0.39 is 66.6 Å². The Hall–Kier alpha value is -2.36. The molecule has 14 heteroatoms. The minimum absolute atomic E-state index is 0.0000410. The van der Waals surface area contributed by atoms with Gasteiger partial charge < -0.3 is 49.6 Å². The van der Waals surface area contributed by atoms with Gasteiger partial charge in [0.1, 0.15) is 12.7 Å². The van der Waals surface area contributed by atoms with Crippen LogP contribution in [0.2, 0.25) is 0 Å². The van der Waals surface area contributed by atoms with Gasteiger partial charge in [0.15, 0.2) is 24.4 Å². The average molecular weight is 456 g/mol. The van der Waals surface area contributed by atoms with Crippen LogP contribution < -0.4 is 0 Å². The number of carbonyl (C=O) groups excluding carboxylic acids is 2. The molecule has 0 aliphatic heterocycles. The number of ether oxygens (including phenoxy) is 4. The zero-order valence-corrected chi connectivity index (χ0v) is 17.1. The molecule has 0 fully saturated rings. The van der Waals surface area contributed by atoms with Crippen molar-refractivity contribution in [3.8, 4) is 0 Å². The lowest BCUT2D eigenvalue weighted by Crippen LogP contribution is -2.42. The maximum Gasteiger partial charge on any atom is 0.338 e. The molecule has 0 saturated heterocycles. The van der Waals surface area contributed by atoms with Crippen molar-refractivity contribution in [2.45, 2.75) is 63.5 Å². The van der Waals surface area contributed by atoms with E-state index in [1.54, 1.807) is 6.92 Å². The quantitative estimate of drug-likeness (QED) is 0.134. The molecule has 14 nitrogen and oxygen atoms in total. The van der Waals surface area contributed by atoms with E-state index in [0.717, 1.165) is 0 Å². The number of hydrogen-bond donors (Lipinski definition) is 6. The third-order valence-electron chi connectivity index (χ3n) is 3.60. The lowest BCUT2D eigenvalue weighted by Gasteiger charge is -2.21. The predicted octanol–water partition coefficient (Wildman–Crippen LogP) is -3.12. The van der Waals surface area contributed by atoms with Gasteiger partial charge in [-0.1, -0.05) is 0 Å². The molecule has 7 unspecified atom stereocenters. The Bertz CT molecular complexity index is 608. The molecule has 0 aromatic rings. The molecule has 0 spiro atoms. The molecule has 0 radical (unpaired) electrons. The molecule has 0 aromatic heterocycles. The van der Waals surface area contributed by atoms with Gasteiger partial charge in [-0.2, -0.15) is 0 Å². The summed E-state index contributed by atoms with van der Waals surface area (Å²) in [6.07, 6.45) is -11.2. The first-order valence-electron chi connectivity index (χ1n) is 9.06. The molecule has 0 rings (SSSR count). The number of carboxylic acids is 2. The Morgan fingerprint density at radius 3 is 1.45 bits per heavy atom. The van der Waals surface area contributed by atoms with Gasteiger partial charge in [-0.25, -0.2) is 19.2 Å². The molecule has 0 saturated carbocycles. The SMILES string of the molecule is CC(COC(=O)C(O)C(O)C(=O)O)OCC(C)OCC(C)OC(=O)C(O)C(O)C(=O)O. The van der Waals surface area contributed by atoms with Crippen LogP contribution in [-0.2, 0) is 38.1 Å². The van der Waals surface area contributed by atoms with Gasteiger partial charge in [-0.15, -0.1) is 0 Å². The van der Waals surface area contributed by atoms with Crippen molar-refractivity contribution in [1.82, 2.24) is 0 Å². The number of esters is 2. The molecule has 6 N–H and O–H groups in total. The van der Waals surface area contributed by atoms with Crippen molar-refractivity contribution in [2.75, 3.05) is 19.8 Å². The highest BCUT2D eigenvalue weighted by atomic mass is 16.6. The van der Waals surface area contributed by atoms with Crippen molar-refractivity contribution in [1.29, 1.82) is 0 Å². The second-order valence-electron chi connectivity index (χ2n) is 6.62. The normalized spacial score (nSPS) is 18.0. The van der Waals surface area contributed by atoms with Crippen LogP contribution in [0, 0.1) is 0 Å². The third kappa shape index (κ3) is 11.0. The van der Waals surface area contributed by atoms with Crippen molar-refractivity contribution in [2.24, 2.45) is 0 Å². The Labute approximate surface area is 176 Å². The van der Waals surface area contributed by atoms with Crippen LogP contribution in [-0.4, -0.2) is 117 Å². The fraction of sp³-hybridized carbons (Fsp3) is 0.765. The van der Waals surface area contributed by atoms with E-state index in [2.05, 4.69) is 4.74 Å². The van der Waals surface area contributed by atoms with Gasteiger partial charge in [0.2, 0.25) is 0 Å². The summed E-state index contributed by atoms with van der Waals surface area (Å²) >= 11 is 0. The molecule has 0 heterocycles. The van der Waals surface area contributed by atoms with Crippen molar-refractivity contribution >= 4 is 23.9 Å². The summed E-state index contributed by atoms with van der Waals surface area (Å²) in [5, 5.41) is 53.8. The standard InChI is InChI=1S/C17H28O14/c1-7(29-6-9(3)31-17(27)13(21)11(19)15(24)25)4-28-8(2)5-30-16(26)12(20)10(18)14(22)23/h7-13,18-21H,4-6H2,1-3H3,(H,22,23)(H,24,25). The van der Waals surface area contributed by atoms with Gasteiger partial charge in [-0.3, -0.25) is 0 Å². The number of carboxylic acid groups (broad SMARTS) is 2. The van der Waals surface area contributed by atoms with E-state index in [-0.39, 0.29) is 19.8 Å². The van der Waals surface area contributed by atoms with Crippen molar-refractivity contribution in [3.05, 3.63) is 0 Å². The number of carbonyl (C=O) groups is 4. The molecule has 0 amide bonds. The van der Waals surface area contributed by atoms with Gasteiger partial charge in [0, 0.05) is 0 Å². The van der Waals surface area contributed by atoms with Crippen LogP contribution in [0.15, 0.2) is 0 Å². The van der Waals surface area contributed by atoms with Crippen LogP contribution in [0.3, 0.4) is 0 Å². The summed E-state index contributed by atoms with van der Waals surface area (Å²) in [4.78, 5) is 44.0. The van der Waals surface area contributed by atoms with Gasteiger partial charge in [0.25, 0.3) is 0 Å². The Morgan fingerprint density at radius 2 is 1.00 bits per heavy atom. The van der Waals surface area contributed by atoms with E-state index in [1.807, 2.05) is 0 Å². The minimum Gasteiger partial charge on any atom is -0.479 e. The second-order valence-corrected chi connectivity index (χ2v) is 6.62. The highest BCUT2D eigenvalue weighted by Gasteiger charge is 2.33. The van der Waals surface area contributed by atoms with E-state index in [1.165, 1.54) is 13.8 Å². The third-order valence-corrected chi connectivity index (χ3v) is 3.60. The van der Waals surface area contributed by atoms with Crippen LogP contribution in [0.5, 0.6) is 0 Å². The van der Waals surface area contributed by atoms with Crippen LogP contribution in [0.1, 0.15) is 20.8 Å². The lowest BCUT2D eigenvalue weighted by molar-refractivity contribution is -0.176. The minimum atomic E-state index is -2.32. The molecular formula is C17H28O14. The largest absolute Gasteiger partial charge is 0.479 e. The summed E-state index contributed by atoms with van der Waals surface area (Å²) < 4.78 is 20.1. The van der Waals surface area contributed by atoms with E-state index in [0.29, 0.717) is 0 Å².